The Morgan fingerprint density at radius 3 is 2.45 bits per heavy atom. The standard InChI is InChI=1S/C16H20O6/c1-16(2)21-13-12-11(19-15(13)22-16)10(8-17)18-14(20-12)9-6-4-3-5-7-9/h3-7,10-15,17H,8H2,1-2H3/t10-,11+,12-,13-,14-,15-/m0/s1. The Kier molecular flexibility index (Phi) is 3.48. The molecule has 3 saturated heterocycles. The van der Waals surface area contributed by atoms with Crippen molar-refractivity contribution in [2.75, 3.05) is 6.61 Å². The highest BCUT2D eigenvalue weighted by molar-refractivity contribution is 5.17. The Hall–Kier alpha value is -1.02. The molecule has 22 heavy (non-hydrogen) atoms. The van der Waals surface area contributed by atoms with Crippen molar-refractivity contribution in [3.05, 3.63) is 35.9 Å². The summed E-state index contributed by atoms with van der Waals surface area (Å²) in [6.07, 6.45) is -2.54. The SMILES string of the molecule is CC1(C)O[C@@H]2O[C@H]3[C@H](O[C@@H](c4ccccc4)O[C@H]3CO)[C@@H]2O1. The van der Waals surface area contributed by atoms with Gasteiger partial charge in [0.15, 0.2) is 18.4 Å². The van der Waals surface area contributed by atoms with E-state index in [0.717, 1.165) is 5.56 Å². The van der Waals surface area contributed by atoms with Gasteiger partial charge in [-0.3, -0.25) is 0 Å². The molecule has 1 aromatic rings. The molecule has 0 unspecified atom stereocenters. The van der Waals surface area contributed by atoms with E-state index in [0.29, 0.717) is 0 Å². The zero-order chi connectivity index (χ0) is 15.3. The molecule has 120 valence electrons. The van der Waals surface area contributed by atoms with Gasteiger partial charge in [0.05, 0.1) is 6.61 Å². The van der Waals surface area contributed by atoms with E-state index >= 15 is 0 Å². The highest BCUT2D eigenvalue weighted by Gasteiger charge is 2.59. The number of ether oxygens (including phenoxy) is 5. The Bertz CT molecular complexity index is 533. The molecule has 0 aliphatic carbocycles. The topological polar surface area (TPSA) is 66.4 Å². The summed E-state index contributed by atoms with van der Waals surface area (Å²) in [7, 11) is 0. The van der Waals surface area contributed by atoms with Crippen LogP contribution in [0, 0.1) is 0 Å². The summed E-state index contributed by atoms with van der Waals surface area (Å²) in [5.41, 5.74) is 0.904. The zero-order valence-corrected chi connectivity index (χ0v) is 12.5. The lowest BCUT2D eigenvalue weighted by atomic mass is 10.0. The maximum absolute atomic E-state index is 9.63. The molecule has 3 fully saturated rings. The normalized spacial score (nSPS) is 42.9. The molecule has 3 aliphatic rings. The van der Waals surface area contributed by atoms with E-state index in [1.807, 2.05) is 44.2 Å². The van der Waals surface area contributed by atoms with E-state index in [1.54, 1.807) is 0 Å². The van der Waals surface area contributed by atoms with E-state index in [4.69, 9.17) is 23.7 Å². The van der Waals surface area contributed by atoms with Crippen LogP contribution in [-0.4, -0.2) is 48.2 Å². The van der Waals surface area contributed by atoms with Crippen LogP contribution in [0.25, 0.3) is 0 Å². The minimum atomic E-state index is -0.696. The third-order valence-corrected chi connectivity index (χ3v) is 4.22. The van der Waals surface area contributed by atoms with Gasteiger partial charge in [0.25, 0.3) is 0 Å². The summed E-state index contributed by atoms with van der Waals surface area (Å²) in [4.78, 5) is 0. The lowest BCUT2D eigenvalue weighted by Crippen LogP contribution is -2.50. The number of hydrogen-bond acceptors (Lipinski definition) is 6. The molecule has 6 nitrogen and oxygen atoms in total. The van der Waals surface area contributed by atoms with Crippen LogP contribution in [0.1, 0.15) is 25.7 Å². The van der Waals surface area contributed by atoms with Crippen molar-refractivity contribution in [3.63, 3.8) is 0 Å². The average Bonchev–Trinajstić information content (AvgIpc) is 2.99. The molecule has 0 aromatic heterocycles. The largest absolute Gasteiger partial charge is 0.394 e. The Morgan fingerprint density at radius 1 is 0.955 bits per heavy atom. The summed E-state index contributed by atoms with van der Waals surface area (Å²) in [5.74, 6) is -0.696. The molecule has 0 radical (unpaired) electrons. The van der Waals surface area contributed by atoms with Crippen LogP contribution < -0.4 is 0 Å². The Morgan fingerprint density at radius 2 is 1.73 bits per heavy atom. The number of aliphatic hydroxyl groups is 1. The van der Waals surface area contributed by atoms with Gasteiger partial charge in [-0.25, -0.2) is 0 Å². The number of rotatable bonds is 2. The number of benzene rings is 1. The first-order valence-electron chi connectivity index (χ1n) is 7.55. The summed E-state index contributed by atoms with van der Waals surface area (Å²) < 4.78 is 29.4. The average molecular weight is 308 g/mol. The highest BCUT2D eigenvalue weighted by Crippen LogP contribution is 2.44. The quantitative estimate of drug-likeness (QED) is 0.889. The summed E-state index contributed by atoms with van der Waals surface area (Å²) in [6.45, 7) is 3.55. The maximum atomic E-state index is 9.63. The molecule has 0 spiro atoms. The lowest BCUT2D eigenvalue weighted by Gasteiger charge is -2.39. The molecule has 1 N–H and O–H groups in total. The molecule has 3 heterocycles. The van der Waals surface area contributed by atoms with Crippen LogP contribution in [0.4, 0.5) is 0 Å². The van der Waals surface area contributed by atoms with Gasteiger partial charge >= 0.3 is 0 Å². The first-order valence-corrected chi connectivity index (χ1v) is 7.55. The molecule has 4 rings (SSSR count). The lowest BCUT2D eigenvalue weighted by molar-refractivity contribution is -0.313. The minimum Gasteiger partial charge on any atom is -0.394 e. The van der Waals surface area contributed by atoms with E-state index in [9.17, 15) is 5.11 Å². The number of fused-ring (bicyclic) bond motifs is 3. The van der Waals surface area contributed by atoms with Crippen molar-refractivity contribution in [1.82, 2.24) is 0 Å². The molecular formula is C16H20O6. The fourth-order valence-corrected chi connectivity index (χ4v) is 3.28. The van der Waals surface area contributed by atoms with Crippen molar-refractivity contribution >= 4 is 0 Å². The molecule has 6 heteroatoms. The minimum absolute atomic E-state index is 0.142. The second-order valence-corrected chi connectivity index (χ2v) is 6.27. The molecular weight excluding hydrogens is 288 g/mol. The van der Waals surface area contributed by atoms with Crippen molar-refractivity contribution in [2.45, 2.75) is 56.6 Å². The molecule has 0 bridgehead atoms. The number of aliphatic hydroxyl groups excluding tert-OH is 1. The van der Waals surface area contributed by atoms with Gasteiger partial charge in [-0.15, -0.1) is 0 Å². The van der Waals surface area contributed by atoms with Crippen LogP contribution in [0.3, 0.4) is 0 Å². The summed E-state index contributed by atoms with van der Waals surface area (Å²) in [6, 6.07) is 9.65. The summed E-state index contributed by atoms with van der Waals surface area (Å²) >= 11 is 0. The van der Waals surface area contributed by atoms with E-state index in [-0.39, 0.29) is 18.8 Å². The molecule has 1 aromatic carbocycles. The van der Waals surface area contributed by atoms with Crippen molar-refractivity contribution in [1.29, 1.82) is 0 Å². The van der Waals surface area contributed by atoms with Crippen LogP contribution in [0.2, 0.25) is 0 Å². The Balaban J connectivity index is 1.59. The third kappa shape index (κ3) is 2.36. The van der Waals surface area contributed by atoms with Crippen LogP contribution in [-0.2, 0) is 23.7 Å². The molecule has 0 saturated carbocycles. The van der Waals surface area contributed by atoms with Gasteiger partial charge in [-0.05, 0) is 13.8 Å². The third-order valence-electron chi connectivity index (χ3n) is 4.22. The van der Waals surface area contributed by atoms with Gasteiger partial charge in [-0.2, -0.15) is 0 Å². The molecule has 0 amide bonds. The maximum Gasteiger partial charge on any atom is 0.190 e. The fourth-order valence-electron chi connectivity index (χ4n) is 3.28. The van der Waals surface area contributed by atoms with Crippen molar-refractivity contribution in [3.8, 4) is 0 Å². The number of hydrogen-bond donors (Lipinski definition) is 1. The van der Waals surface area contributed by atoms with Gasteiger partial charge in [0.1, 0.15) is 24.4 Å². The van der Waals surface area contributed by atoms with Crippen LogP contribution >= 0.6 is 0 Å². The highest BCUT2D eigenvalue weighted by atomic mass is 16.9. The van der Waals surface area contributed by atoms with Gasteiger partial charge in [0, 0.05) is 5.56 Å². The van der Waals surface area contributed by atoms with E-state index in [2.05, 4.69) is 0 Å². The van der Waals surface area contributed by atoms with Crippen LogP contribution in [0.5, 0.6) is 0 Å². The summed E-state index contributed by atoms with van der Waals surface area (Å²) in [5, 5.41) is 9.63. The second-order valence-electron chi connectivity index (χ2n) is 6.27. The smallest absolute Gasteiger partial charge is 0.190 e. The Labute approximate surface area is 128 Å². The van der Waals surface area contributed by atoms with E-state index < -0.39 is 30.6 Å². The molecule has 6 atom stereocenters. The molecule has 3 aliphatic heterocycles. The monoisotopic (exact) mass is 308 g/mol. The van der Waals surface area contributed by atoms with Gasteiger partial charge in [-0.1, -0.05) is 30.3 Å². The first-order chi connectivity index (χ1) is 10.6. The fraction of sp³-hybridized carbons (Fsp3) is 0.625. The van der Waals surface area contributed by atoms with Crippen LogP contribution in [0.15, 0.2) is 30.3 Å². The predicted molar refractivity (Wildman–Crippen MR) is 74.7 cm³/mol. The second kappa shape index (κ2) is 5.26. The van der Waals surface area contributed by atoms with E-state index in [1.165, 1.54) is 0 Å². The first kappa shape index (κ1) is 14.6. The zero-order valence-electron chi connectivity index (χ0n) is 12.5. The predicted octanol–water partition coefficient (Wildman–Crippen LogP) is 1.34. The van der Waals surface area contributed by atoms with Crippen molar-refractivity contribution in [2.24, 2.45) is 0 Å². The van der Waals surface area contributed by atoms with Crippen molar-refractivity contribution < 1.29 is 28.8 Å². The van der Waals surface area contributed by atoms with Gasteiger partial charge in [0.2, 0.25) is 0 Å². The van der Waals surface area contributed by atoms with Gasteiger partial charge < -0.3 is 28.8 Å².